The molecule has 1 aliphatic carbocycles. The number of piperidine rings is 1. The Hall–Kier alpha value is -3.73. The van der Waals surface area contributed by atoms with Crippen LogP contribution in [0.25, 0.3) is 10.9 Å². The normalized spacial score (nSPS) is 15.7. The standard InChI is InChI=1S/C30H33ClF3N5O3/c31-19-7-12-24-26(18-19)38-25-5-2-1-4-23(25)28(24)35-15-3-6-27(40)39-16-13-21(14-17-39)37-29(41)36-20-8-10-22(11-9-20)42-30(32,33)34/h7-12,18,21H,1-6,13-17H2,(H,35,38)(H2,36,37,41). The number of carbonyl (C=O) groups is 2. The molecule has 3 aromatic rings. The number of urea groups is 1. The molecule has 0 atom stereocenters. The lowest BCUT2D eigenvalue weighted by Crippen LogP contribution is -2.47. The van der Waals surface area contributed by atoms with Gasteiger partial charge in [-0.15, -0.1) is 13.2 Å². The highest BCUT2D eigenvalue weighted by atomic mass is 35.5. The van der Waals surface area contributed by atoms with E-state index in [4.69, 9.17) is 16.6 Å². The van der Waals surface area contributed by atoms with E-state index in [1.165, 1.54) is 17.7 Å². The van der Waals surface area contributed by atoms with Gasteiger partial charge >= 0.3 is 12.4 Å². The number of rotatable bonds is 8. The number of aromatic nitrogens is 1. The van der Waals surface area contributed by atoms with Crippen LogP contribution in [0.3, 0.4) is 0 Å². The van der Waals surface area contributed by atoms with Gasteiger partial charge in [0, 0.05) is 59.6 Å². The maximum atomic E-state index is 12.9. The molecule has 3 amide bonds. The first-order chi connectivity index (χ1) is 20.1. The number of hydrogen-bond donors (Lipinski definition) is 3. The van der Waals surface area contributed by atoms with Crippen molar-refractivity contribution >= 4 is 45.8 Å². The lowest BCUT2D eigenvalue weighted by molar-refractivity contribution is -0.274. The number of ether oxygens (including phenoxy) is 1. The monoisotopic (exact) mass is 603 g/mol. The Bertz CT molecular complexity index is 1430. The predicted molar refractivity (Wildman–Crippen MR) is 156 cm³/mol. The first-order valence-electron chi connectivity index (χ1n) is 14.2. The molecule has 224 valence electrons. The highest BCUT2D eigenvalue weighted by Crippen LogP contribution is 2.34. The number of benzene rings is 2. The quantitative estimate of drug-likeness (QED) is 0.250. The summed E-state index contributed by atoms with van der Waals surface area (Å²) in [5, 5.41) is 10.8. The Morgan fingerprint density at radius 3 is 2.52 bits per heavy atom. The Labute approximate surface area is 246 Å². The van der Waals surface area contributed by atoms with Gasteiger partial charge in [0.05, 0.1) is 5.52 Å². The van der Waals surface area contributed by atoms with Crippen molar-refractivity contribution in [2.75, 3.05) is 30.3 Å². The van der Waals surface area contributed by atoms with Crippen molar-refractivity contribution in [2.24, 2.45) is 0 Å². The molecule has 3 N–H and O–H groups in total. The van der Waals surface area contributed by atoms with E-state index in [0.29, 0.717) is 56.0 Å². The highest BCUT2D eigenvalue weighted by molar-refractivity contribution is 6.31. The molecule has 1 saturated heterocycles. The van der Waals surface area contributed by atoms with Crippen molar-refractivity contribution in [3.05, 3.63) is 58.7 Å². The molecule has 42 heavy (non-hydrogen) atoms. The van der Waals surface area contributed by atoms with Crippen molar-refractivity contribution in [1.82, 2.24) is 15.2 Å². The second kappa shape index (κ2) is 13.1. The number of pyridine rings is 1. The molecular formula is C30H33ClF3N5O3. The Morgan fingerprint density at radius 2 is 1.79 bits per heavy atom. The van der Waals surface area contributed by atoms with E-state index in [9.17, 15) is 22.8 Å². The average molecular weight is 604 g/mol. The fourth-order valence-electron chi connectivity index (χ4n) is 5.58. The summed E-state index contributed by atoms with van der Waals surface area (Å²) in [5.41, 5.74) is 4.74. The molecule has 0 spiro atoms. The van der Waals surface area contributed by atoms with Gasteiger partial charge < -0.3 is 25.6 Å². The van der Waals surface area contributed by atoms with Crippen LogP contribution in [0.4, 0.5) is 29.3 Å². The van der Waals surface area contributed by atoms with Crippen molar-refractivity contribution in [3.8, 4) is 5.75 Å². The van der Waals surface area contributed by atoms with E-state index in [0.717, 1.165) is 60.1 Å². The number of hydrogen-bond acceptors (Lipinski definition) is 5. The molecule has 2 aromatic carbocycles. The number of alkyl halides is 3. The minimum atomic E-state index is -4.77. The number of nitrogens with zero attached hydrogens (tertiary/aromatic N) is 2. The van der Waals surface area contributed by atoms with Gasteiger partial charge in [-0.05, 0) is 93.0 Å². The van der Waals surface area contributed by atoms with Gasteiger partial charge in [0.2, 0.25) is 5.91 Å². The van der Waals surface area contributed by atoms with E-state index in [-0.39, 0.29) is 17.7 Å². The Balaban J connectivity index is 1.05. The third kappa shape index (κ3) is 7.76. The summed E-state index contributed by atoms with van der Waals surface area (Å²) in [6, 6.07) is 10.2. The number of carbonyl (C=O) groups excluding carboxylic acids is 2. The van der Waals surface area contributed by atoms with E-state index in [2.05, 4.69) is 20.7 Å². The molecule has 0 bridgehead atoms. The summed E-state index contributed by atoms with van der Waals surface area (Å²) in [4.78, 5) is 31.9. The van der Waals surface area contributed by atoms with Crippen LogP contribution in [-0.4, -0.2) is 53.9 Å². The van der Waals surface area contributed by atoms with E-state index < -0.39 is 12.4 Å². The van der Waals surface area contributed by atoms with Gasteiger partial charge in [0.1, 0.15) is 5.75 Å². The SMILES string of the molecule is O=C(Nc1ccc(OC(F)(F)F)cc1)NC1CCN(C(=O)CCCNc2c3c(nc4cc(Cl)ccc24)CCCC3)CC1. The van der Waals surface area contributed by atoms with E-state index >= 15 is 0 Å². The van der Waals surface area contributed by atoms with Crippen LogP contribution >= 0.6 is 11.6 Å². The van der Waals surface area contributed by atoms with Crippen molar-refractivity contribution in [3.63, 3.8) is 0 Å². The molecule has 0 radical (unpaired) electrons. The Morgan fingerprint density at radius 1 is 1.05 bits per heavy atom. The number of nitrogens with one attached hydrogen (secondary N) is 3. The molecule has 1 aliphatic heterocycles. The zero-order valence-electron chi connectivity index (χ0n) is 23.0. The van der Waals surface area contributed by atoms with Crippen LogP contribution in [-0.2, 0) is 17.6 Å². The number of amides is 3. The van der Waals surface area contributed by atoms with E-state index in [1.54, 1.807) is 0 Å². The molecular weight excluding hydrogens is 571 g/mol. The Kier molecular flexibility index (Phi) is 9.25. The van der Waals surface area contributed by atoms with Gasteiger partial charge in [-0.1, -0.05) is 11.6 Å². The lowest BCUT2D eigenvalue weighted by Gasteiger charge is -2.32. The second-order valence-electron chi connectivity index (χ2n) is 10.6. The zero-order valence-corrected chi connectivity index (χ0v) is 23.8. The van der Waals surface area contributed by atoms with Gasteiger partial charge in [-0.3, -0.25) is 9.78 Å². The van der Waals surface area contributed by atoms with Crippen molar-refractivity contribution < 1.29 is 27.5 Å². The van der Waals surface area contributed by atoms with Crippen LogP contribution in [0.1, 0.15) is 49.8 Å². The van der Waals surface area contributed by atoms with Gasteiger partial charge in [-0.25, -0.2) is 4.79 Å². The summed E-state index contributed by atoms with van der Waals surface area (Å²) in [6.45, 7) is 1.76. The minimum Gasteiger partial charge on any atom is -0.406 e. The maximum absolute atomic E-state index is 12.9. The molecule has 1 fully saturated rings. The largest absolute Gasteiger partial charge is 0.573 e. The van der Waals surface area contributed by atoms with Gasteiger partial charge in [-0.2, -0.15) is 0 Å². The smallest absolute Gasteiger partial charge is 0.406 e. The van der Waals surface area contributed by atoms with E-state index in [1.807, 2.05) is 23.1 Å². The fourth-order valence-corrected chi connectivity index (χ4v) is 5.74. The summed E-state index contributed by atoms with van der Waals surface area (Å²) in [7, 11) is 0. The predicted octanol–water partition coefficient (Wildman–Crippen LogP) is 6.67. The van der Waals surface area contributed by atoms with Crippen LogP contribution in [0.5, 0.6) is 5.75 Å². The molecule has 12 heteroatoms. The van der Waals surface area contributed by atoms with Crippen LogP contribution in [0.2, 0.25) is 5.02 Å². The molecule has 2 aliphatic rings. The first kappa shape index (κ1) is 29.8. The summed E-state index contributed by atoms with van der Waals surface area (Å²) in [5.74, 6) is -0.273. The number of fused-ring (bicyclic) bond motifs is 2. The highest BCUT2D eigenvalue weighted by Gasteiger charge is 2.31. The van der Waals surface area contributed by atoms with Crippen LogP contribution in [0, 0.1) is 0 Å². The minimum absolute atomic E-state index is 0.0919. The summed E-state index contributed by atoms with van der Waals surface area (Å²) < 4.78 is 40.7. The maximum Gasteiger partial charge on any atom is 0.573 e. The van der Waals surface area contributed by atoms with Crippen molar-refractivity contribution in [1.29, 1.82) is 0 Å². The lowest BCUT2D eigenvalue weighted by atomic mass is 9.92. The van der Waals surface area contributed by atoms with Crippen LogP contribution < -0.4 is 20.7 Å². The topological polar surface area (TPSA) is 95.6 Å². The molecule has 0 saturated carbocycles. The number of aryl methyl sites for hydroxylation is 1. The fraction of sp³-hybridized carbons (Fsp3) is 0.433. The first-order valence-corrected chi connectivity index (χ1v) is 14.6. The van der Waals surface area contributed by atoms with Gasteiger partial charge in [0.25, 0.3) is 0 Å². The number of halogens is 4. The molecule has 8 nitrogen and oxygen atoms in total. The molecule has 5 rings (SSSR count). The molecule has 1 aromatic heterocycles. The van der Waals surface area contributed by atoms with Crippen LogP contribution in [0.15, 0.2) is 42.5 Å². The average Bonchev–Trinajstić information content (AvgIpc) is 2.95. The second-order valence-corrected chi connectivity index (χ2v) is 11.1. The summed E-state index contributed by atoms with van der Waals surface area (Å²) >= 11 is 6.22. The number of likely N-dealkylation sites (tertiary alicyclic amines) is 1. The number of anilines is 2. The summed E-state index contributed by atoms with van der Waals surface area (Å²) in [6.07, 6.45) is 1.81. The third-order valence-electron chi connectivity index (χ3n) is 7.62. The molecule has 2 heterocycles. The van der Waals surface area contributed by atoms with Crippen molar-refractivity contribution in [2.45, 2.75) is 63.8 Å². The molecule has 0 unspecified atom stereocenters. The zero-order chi connectivity index (χ0) is 29.7. The third-order valence-corrected chi connectivity index (χ3v) is 7.86. The van der Waals surface area contributed by atoms with Gasteiger partial charge in [0.15, 0.2) is 0 Å².